The van der Waals surface area contributed by atoms with E-state index in [2.05, 4.69) is 43.4 Å². The Balaban J connectivity index is 2.53. The molecule has 1 aromatic carbocycles. The lowest BCUT2D eigenvalue weighted by Crippen LogP contribution is -2.46. The summed E-state index contributed by atoms with van der Waals surface area (Å²) in [6, 6.07) is 8.71. The Morgan fingerprint density at radius 2 is 2.06 bits per heavy atom. The zero-order valence-electron chi connectivity index (χ0n) is 12.2. The molecule has 0 saturated heterocycles. The quantitative estimate of drug-likeness (QED) is 0.810. The van der Waals surface area contributed by atoms with Crippen molar-refractivity contribution in [3.05, 3.63) is 35.4 Å². The van der Waals surface area contributed by atoms with Crippen LogP contribution in [0.2, 0.25) is 0 Å². The third-order valence-corrected chi connectivity index (χ3v) is 2.99. The number of aliphatic hydroxyl groups is 1. The largest absolute Gasteiger partial charge is 0.388 e. The first-order valence-electron chi connectivity index (χ1n) is 6.47. The van der Waals surface area contributed by atoms with Gasteiger partial charge in [-0.1, -0.05) is 29.8 Å². The van der Waals surface area contributed by atoms with Crippen molar-refractivity contribution < 1.29 is 5.11 Å². The highest BCUT2D eigenvalue weighted by atomic mass is 16.3. The Bertz CT molecular complexity index is 375. The van der Waals surface area contributed by atoms with Crippen molar-refractivity contribution in [1.29, 1.82) is 0 Å². The summed E-state index contributed by atoms with van der Waals surface area (Å²) in [6.45, 7) is 7.32. The first-order chi connectivity index (χ1) is 8.30. The summed E-state index contributed by atoms with van der Waals surface area (Å²) in [5.41, 5.74) is 1.82. The van der Waals surface area contributed by atoms with Crippen LogP contribution in [0.1, 0.15) is 31.0 Å². The second-order valence-corrected chi connectivity index (χ2v) is 5.75. The predicted molar refractivity (Wildman–Crippen MR) is 76.8 cm³/mol. The number of hydrogen-bond acceptors (Lipinski definition) is 3. The van der Waals surface area contributed by atoms with Gasteiger partial charge >= 0.3 is 0 Å². The van der Waals surface area contributed by atoms with Gasteiger partial charge in [-0.15, -0.1) is 0 Å². The number of nitrogens with one attached hydrogen (secondary N) is 1. The van der Waals surface area contributed by atoms with Crippen molar-refractivity contribution in [2.75, 3.05) is 27.2 Å². The maximum Gasteiger partial charge on any atom is 0.0869 e. The van der Waals surface area contributed by atoms with Crippen molar-refractivity contribution >= 4 is 0 Å². The molecule has 0 aliphatic heterocycles. The fourth-order valence-corrected chi connectivity index (χ4v) is 2.17. The lowest BCUT2D eigenvalue weighted by Gasteiger charge is -2.29. The SMILES string of the molecule is Cc1cccc(C(C)NCC(C)(O)CN(C)C)c1. The van der Waals surface area contributed by atoms with Crippen LogP contribution < -0.4 is 5.32 Å². The number of aryl methyl sites for hydroxylation is 1. The van der Waals surface area contributed by atoms with Crippen LogP contribution in [0.25, 0.3) is 0 Å². The van der Waals surface area contributed by atoms with Gasteiger partial charge in [-0.3, -0.25) is 0 Å². The molecule has 18 heavy (non-hydrogen) atoms. The van der Waals surface area contributed by atoms with Gasteiger partial charge in [0.15, 0.2) is 0 Å². The first-order valence-corrected chi connectivity index (χ1v) is 6.47. The van der Waals surface area contributed by atoms with Gasteiger partial charge in [-0.2, -0.15) is 0 Å². The molecule has 0 radical (unpaired) electrons. The van der Waals surface area contributed by atoms with E-state index in [1.807, 2.05) is 25.9 Å². The van der Waals surface area contributed by atoms with Crippen molar-refractivity contribution in [2.24, 2.45) is 0 Å². The summed E-state index contributed by atoms with van der Waals surface area (Å²) in [6.07, 6.45) is 0. The van der Waals surface area contributed by atoms with Crippen LogP contribution in [0.3, 0.4) is 0 Å². The van der Waals surface area contributed by atoms with Crippen LogP contribution in [0.5, 0.6) is 0 Å². The molecule has 0 aliphatic carbocycles. The van der Waals surface area contributed by atoms with Gasteiger partial charge in [0.2, 0.25) is 0 Å². The molecule has 0 aliphatic rings. The van der Waals surface area contributed by atoms with E-state index in [0.29, 0.717) is 13.1 Å². The monoisotopic (exact) mass is 250 g/mol. The van der Waals surface area contributed by atoms with E-state index in [0.717, 1.165) is 0 Å². The van der Waals surface area contributed by atoms with E-state index in [1.165, 1.54) is 11.1 Å². The summed E-state index contributed by atoms with van der Waals surface area (Å²) in [5.74, 6) is 0. The number of benzene rings is 1. The van der Waals surface area contributed by atoms with E-state index in [1.54, 1.807) is 0 Å². The molecule has 2 N–H and O–H groups in total. The van der Waals surface area contributed by atoms with E-state index < -0.39 is 5.60 Å². The minimum atomic E-state index is -0.707. The zero-order valence-corrected chi connectivity index (χ0v) is 12.2. The van der Waals surface area contributed by atoms with Gasteiger partial charge in [-0.05, 0) is 40.4 Å². The average Bonchev–Trinajstić information content (AvgIpc) is 2.24. The summed E-state index contributed by atoms with van der Waals surface area (Å²) in [7, 11) is 3.94. The van der Waals surface area contributed by atoms with Crippen LogP contribution in [0.4, 0.5) is 0 Å². The van der Waals surface area contributed by atoms with Crippen LogP contribution in [0.15, 0.2) is 24.3 Å². The standard InChI is InChI=1S/C15H26N2O/c1-12-7-6-8-14(9-12)13(2)16-10-15(3,18)11-17(4)5/h6-9,13,16,18H,10-11H2,1-5H3. The van der Waals surface area contributed by atoms with Crippen LogP contribution in [-0.2, 0) is 0 Å². The Hall–Kier alpha value is -0.900. The molecule has 0 fully saturated rings. The fourth-order valence-electron chi connectivity index (χ4n) is 2.17. The molecular formula is C15H26N2O. The summed E-state index contributed by atoms with van der Waals surface area (Å²) >= 11 is 0. The average molecular weight is 250 g/mol. The van der Waals surface area contributed by atoms with E-state index in [9.17, 15) is 5.11 Å². The van der Waals surface area contributed by atoms with Crippen molar-refractivity contribution in [2.45, 2.75) is 32.4 Å². The normalized spacial score (nSPS) is 16.6. The predicted octanol–water partition coefficient (Wildman–Crippen LogP) is 1.96. The number of rotatable bonds is 6. The molecule has 3 heteroatoms. The molecule has 0 aromatic heterocycles. The molecule has 0 saturated carbocycles. The molecule has 0 spiro atoms. The van der Waals surface area contributed by atoms with Crippen molar-refractivity contribution in [3.8, 4) is 0 Å². The number of likely N-dealkylation sites (N-methyl/N-ethyl adjacent to an activating group) is 1. The van der Waals surface area contributed by atoms with Gasteiger partial charge in [0.1, 0.15) is 0 Å². The Labute approximate surface area is 111 Å². The Morgan fingerprint density at radius 1 is 1.39 bits per heavy atom. The van der Waals surface area contributed by atoms with Crippen LogP contribution in [-0.4, -0.2) is 42.8 Å². The zero-order chi connectivity index (χ0) is 13.8. The molecule has 1 rings (SSSR count). The summed E-state index contributed by atoms with van der Waals surface area (Å²) in [5, 5.41) is 13.6. The second kappa shape index (κ2) is 6.32. The van der Waals surface area contributed by atoms with Crippen molar-refractivity contribution in [3.63, 3.8) is 0 Å². The van der Waals surface area contributed by atoms with E-state index in [4.69, 9.17) is 0 Å². The van der Waals surface area contributed by atoms with Gasteiger partial charge in [0.25, 0.3) is 0 Å². The Morgan fingerprint density at radius 3 is 2.61 bits per heavy atom. The molecule has 2 unspecified atom stereocenters. The summed E-state index contributed by atoms with van der Waals surface area (Å²) < 4.78 is 0. The highest BCUT2D eigenvalue weighted by Gasteiger charge is 2.21. The van der Waals surface area contributed by atoms with Crippen molar-refractivity contribution in [1.82, 2.24) is 10.2 Å². The molecule has 0 heterocycles. The molecular weight excluding hydrogens is 224 g/mol. The topological polar surface area (TPSA) is 35.5 Å². The maximum absolute atomic E-state index is 10.2. The lowest BCUT2D eigenvalue weighted by molar-refractivity contribution is 0.0317. The molecule has 102 valence electrons. The highest BCUT2D eigenvalue weighted by Crippen LogP contribution is 2.14. The molecule has 3 nitrogen and oxygen atoms in total. The van der Waals surface area contributed by atoms with E-state index in [-0.39, 0.29) is 6.04 Å². The molecule has 0 amide bonds. The lowest BCUT2D eigenvalue weighted by atomic mass is 10.0. The van der Waals surface area contributed by atoms with Gasteiger partial charge < -0.3 is 15.3 Å². The fraction of sp³-hybridized carbons (Fsp3) is 0.600. The van der Waals surface area contributed by atoms with Gasteiger partial charge in [0, 0.05) is 19.1 Å². The minimum absolute atomic E-state index is 0.249. The van der Waals surface area contributed by atoms with Gasteiger partial charge in [-0.25, -0.2) is 0 Å². The maximum atomic E-state index is 10.2. The molecule has 2 atom stereocenters. The Kier molecular flexibility index (Phi) is 5.32. The van der Waals surface area contributed by atoms with Gasteiger partial charge in [0.05, 0.1) is 5.60 Å². The number of hydrogen-bond donors (Lipinski definition) is 2. The smallest absolute Gasteiger partial charge is 0.0869 e. The van der Waals surface area contributed by atoms with Crippen LogP contribution in [0, 0.1) is 6.92 Å². The van der Waals surface area contributed by atoms with E-state index >= 15 is 0 Å². The second-order valence-electron chi connectivity index (χ2n) is 5.75. The third-order valence-electron chi connectivity index (χ3n) is 2.99. The van der Waals surface area contributed by atoms with Crippen LogP contribution >= 0.6 is 0 Å². The first kappa shape index (κ1) is 15.2. The minimum Gasteiger partial charge on any atom is -0.388 e. The number of nitrogens with zero attached hydrogens (tertiary/aromatic N) is 1. The summed E-state index contributed by atoms with van der Waals surface area (Å²) in [4.78, 5) is 2.00. The highest BCUT2D eigenvalue weighted by molar-refractivity contribution is 5.24. The molecule has 0 bridgehead atoms. The molecule has 1 aromatic rings. The third kappa shape index (κ3) is 5.17.